The second kappa shape index (κ2) is 2.72. The van der Waals surface area contributed by atoms with Crippen molar-refractivity contribution in [3.05, 3.63) is 46.6 Å². The van der Waals surface area contributed by atoms with Crippen LogP contribution in [0.2, 0.25) is 0 Å². The second-order valence-corrected chi connectivity index (χ2v) is 4.46. The van der Waals surface area contributed by atoms with Crippen molar-refractivity contribution in [1.29, 1.82) is 0 Å². The molecule has 1 atom stereocenters. The van der Waals surface area contributed by atoms with Crippen LogP contribution in [0.25, 0.3) is 6.08 Å². The third-order valence-corrected chi connectivity index (χ3v) is 3.69. The van der Waals surface area contributed by atoms with Crippen LogP contribution in [-0.4, -0.2) is 4.21 Å². The third kappa shape index (κ3) is 0.943. The van der Waals surface area contributed by atoms with Crippen molar-refractivity contribution in [2.45, 2.75) is 4.90 Å². The Bertz CT molecular complexity index is 529. The highest BCUT2D eigenvalue weighted by molar-refractivity contribution is 7.89. The molecule has 3 nitrogen and oxygen atoms in total. The summed E-state index contributed by atoms with van der Waals surface area (Å²) in [5, 5.41) is 7.67. The minimum atomic E-state index is -1.12. The third-order valence-electron chi connectivity index (χ3n) is 2.20. The van der Waals surface area contributed by atoms with Gasteiger partial charge in [0, 0.05) is 0 Å². The van der Waals surface area contributed by atoms with E-state index in [0.717, 1.165) is 16.2 Å². The summed E-state index contributed by atoms with van der Waals surface area (Å²) in [7, 11) is -1.12. The number of azo groups is 1. The van der Waals surface area contributed by atoms with Gasteiger partial charge in [-0.1, -0.05) is 18.2 Å². The van der Waals surface area contributed by atoms with E-state index < -0.39 is 10.8 Å². The van der Waals surface area contributed by atoms with Crippen LogP contribution in [0.3, 0.4) is 0 Å². The molecule has 0 fully saturated rings. The predicted octanol–water partition coefficient (Wildman–Crippen LogP) is 2.46. The van der Waals surface area contributed by atoms with Gasteiger partial charge in [-0.05, 0) is 17.7 Å². The molecule has 0 saturated carbocycles. The van der Waals surface area contributed by atoms with Gasteiger partial charge in [0.15, 0.2) is 0 Å². The Morgan fingerprint density at radius 3 is 3.00 bits per heavy atom. The van der Waals surface area contributed by atoms with Crippen LogP contribution < -0.4 is 0 Å². The number of hydrogen-bond acceptors (Lipinski definition) is 3. The van der Waals surface area contributed by atoms with E-state index in [4.69, 9.17) is 0 Å². The number of rotatable bonds is 0. The van der Waals surface area contributed by atoms with Crippen LogP contribution in [0.5, 0.6) is 0 Å². The van der Waals surface area contributed by atoms with Gasteiger partial charge >= 0.3 is 0 Å². The van der Waals surface area contributed by atoms with Crippen LogP contribution in [0.4, 0.5) is 0 Å². The molecule has 0 N–H and O–H groups in total. The summed E-state index contributed by atoms with van der Waals surface area (Å²) >= 11 is 0. The fourth-order valence-electron chi connectivity index (χ4n) is 1.54. The molecule has 0 aromatic heterocycles. The SMILES string of the molecule is O=S1C2=CN=NC2=Cc2ccccc21. The van der Waals surface area contributed by atoms with Crippen LogP contribution in [0, 0.1) is 0 Å². The van der Waals surface area contributed by atoms with Gasteiger partial charge in [-0.25, -0.2) is 4.21 Å². The number of fused-ring (bicyclic) bond motifs is 2. The van der Waals surface area contributed by atoms with Crippen LogP contribution in [0.15, 0.2) is 56.2 Å². The van der Waals surface area contributed by atoms with Crippen molar-refractivity contribution in [1.82, 2.24) is 0 Å². The van der Waals surface area contributed by atoms with E-state index in [1.807, 2.05) is 30.3 Å². The van der Waals surface area contributed by atoms with Crippen molar-refractivity contribution in [2.24, 2.45) is 10.2 Å². The van der Waals surface area contributed by atoms with E-state index in [9.17, 15) is 4.21 Å². The topological polar surface area (TPSA) is 41.8 Å². The first kappa shape index (κ1) is 7.82. The summed E-state index contributed by atoms with van der Waals surface area (Å²) in [6, 6.07) is 7.62. The molecule has 2 aliphatic rings. The Hall–Kier alpha value is -1.55. The smallest absolute Gasteiger partial charge is 0.104 e. The first-order valence-electron chi connectivity index (χ1n) is 4.20. The molecule has 0 bridgehead atoms. The maximum atomic E-state index is 12.0. The van der Waals surface area contributed by atoms with Crippen LogP contribution >= 0.6 is 0 Å². The predicted molar refractivity (Wildman–Crippen MR) is 53.8 cm³/mol. The lowest BCUT2D eigenvalue weighted by molar-refractivity contribution is 0.686. The highest BCUT2D eigenvalue weighted by Crippen LogP contribution is 2.34. The molecular formula is C10H6N2OS. The summed E-state index contributed by atoms with van der Waals surface area (Å²) in [4.78, 5) is 1.55. The molecule has 1 aromatic carbocycles. The van der Waals surface area contributed by atoms with Gasteiger partial charge in [-0.2, -0.15) is 5.11 Å². The molecule has 0 spiro atoms. The standard InChI is InChI=1S/C10H6N2OS/c13-14-9-4-2-1-3-7(9)5-8-10(14)6-11-12-8/h1-6H. The number of hydrogen-bond donors (Lipinski definition) is 0. The minimum Gasteiger partial charge on any atom is -0.249 e. The Balaban J connectivity index is 2.31. The van der Waals surface area contributed by atoms with E-state index >= 15 is 0 Å². The first-order chi connectivity index (χ1) is 6.86. The molecule has 2 heterocycles. The summed E-state index contributed by atoms with van der Waals surface area (Å²) in [6.07, 6.45) is 3.48. The van der Waals surface area contributed by atoms with Crippen LogP contribution in [0.1, 0.15) is 5.56 Å². The highest BCUT2D eigenvalue weighted by atomic mass is 32.2. The quantitative estimate of drug-likeness (QED) is 0.637. The summed E-state index contributed by atoms with van der Waals surface area (Å²) in [6.45, 7) is 0. The lowest BCUT2D eigenvalue weighted by atomic mass is 10.2. The zero-order valence-corrected chi connectivity index (χ0v) is 7.99. The molecule has 4 heteroatoms. The molecule has 14 heavy (non-hydrogen) atoms. The Morgan fingerprint density at radius 1 is 1.21 bits per heavy atom. The van der Waals surface area contributed by atoms with E-state index in [2.05, 4.69) is 10.2 Å². The Morgan fingerprint density at radius 2 is 2.07 bits per heavy atom. The van der Waals surface area contributed by atoms with Gasteiger partial charge in [0.05, 0.1) is 26.8 Å². The molecule has 0 aliphatic carbocycles. The van der Waals surface area contributed by atoms with E-state index in [1.165, 1.54) is 0 Å². The van der Waals surface area contributed by atoms with Crippen molar-refractivity contribution in [2.75, 3.05) is 0 Å². The normalized spacial score (nSPS) is 22.4. The van der Waals surface area contributed by atoms with Gasteiger partial charge < -0.3 is 0 Å². The zero-order valence-electron chi connectivity index (χ0n) is 7.18. The van der Waals surface area contributed by atoms with E-state index in [0.29, 0.717) is 4.91 Å². The van der Waals surface area contributed by atoms with Crippen molar-refractivity contribution >= 4 is 16.9 Å². The summed E-state index contributed by atoms with van der Waals surface area (Å²) < 4.78 is 12.0. The highest BCUT2D eigenvalue weighted by Gasteiger charge is 2.24. The number of nitrogens with zero attached hydrogens (tertiary/aromatic N) is 2. The average molecular weight is 202 g/mol. The molecule has 0 amide bonds. The van der Waals surface area contributed by atoms with Gasteiger partial charge in [-0.15, -0.1) is 5.11 Å². The summed E-state index contributed by atoms with van der Waals surface area (Å²) in [5.41, 5.74) is 1.70. The molecule has 1 unspecified atom stereocenters. The Labute approximate surface area is 83.3 Å². The van der Waals surface area contributed by atoms with Gasteiger partial charge in [0.2, 0.25) is 0 Å². The average Bonchev–Trinajstić information content (AvgIpc) is 2.66. The van der Waals surface area contributed by atoms with Crippen molar-refractivity contribution in [3.8, 4) is 0 Å². The van der Waals surface area contributed by atoms with E-state index in [1.54, 1.807) is 6.20 Å². The molecule has 0 saturated heterocycles. The van der Waals surface area contributed by atoms with E-state index in [-0.39, 0.29) is 0 Å². The fourth-order valence-corrected chi connectivity index (χ4v) is 2.75. The second-order valence-electron chi connectivity index (χ2n) is 3.04. The molecule has 2 aliphatic heterocycles. The zero-order chi connectivity index (χ0) is 9.54. The first-order valence-corrected chi connectivity index (χ1v) is 5.35. The minimum absolute atomic E-state index is 0.712. The van der Waals surface area contributed by atoms with Crippen LogP contribution in [-0.2, 0) is 10.8 Å². The Kier molecular flexibility index (Phi) is 1.52. The molecule has 3 rings (SSSR count). The van der Waals surface area contributed by atoms with Crippen molar-refractivity contribution in [3.63, 3.8) is 0 Å². The lowest BCUT2D eigenvalue weighted by Crippen LogP contribution is -2.03. The monoisotopic (exact) mass is 202 g/mol. The maximum Gasteiger partial charge on any atom is 0.104 e. The van der Waals surface area contributed by atoms with Crippen molar-refractivity contribution < 1.29 is 4.21 Å². The molecule has 68 valence electrons. The summed E-state index contributed by atoms with van der Waals surface area (Å²) in [5.74, 6) is 0. The van der Waals surface area contributed by atoms with Gasteiger partial charge in [0.1, 0.15) is 5.70 Å². The lowest BCUT2D eigenvalue weighted by Gasteiger charge is -2.12. The molecular weight excluding hydrogens is 196 g/mol. The van der Waals surface area contributed by atoms with Gasteiger partial charge in [-0.3, -0.25) is 0 Å². The molecule has 0 radical (unpaired) electrons. The number of benzene rings is 1. The van der Waals surface area contributed by atoms with Gasteiger partial charge in [0.25, 0.3) is 0 Å². The molecule has 1 aromatic rings. The largest absolute Gasteiger partial charge is 0.249 e. The maximum absolute atomic E-state index is 12.0. The fraction of sp³-hybridized carbons (Fsp3) is 0.